The highest BCUT2D eigenvalue weighted by molar-refractivity contribution is 5.61. The van der Waals surface area contributed by atoms with Crippen LogP contribution in [0.5, 0.6) is 5.75 Å². The third-order valence-corrected chi connectivity index (χ3v) is 2.70. The lowest BCUT2D eigenvalue weighted by molar-refractivity contribution is 0.254. The highest BCUT2D eigenvalue weighted by atomic mass is 16.5. The average Bonchev–Trinajstić information content (AvgIpc) is 2.81. The fraction of sp³-hybridized carbons (Fsp3) is 0.250. The van der Waals surface area contributed by atoms with Crippen LogP contribution < -0.4 is 10.5 Å². The topological polar surface area (TPSA) is 61.3 Å². The van der Waals surface area contributed by atoms with Crippen LogP contribution in [0.1, 0.15) is 12.5 Å². The standard InChI is InChI=1S/C12H12N2O2/c1-7-4-9-5-8(2-3-10(9)15-7)11-6-14-12(13)16-11/h2-3,5-7H,4H2,1H3,(H2,13,14). The van der Waals surface area contributed by atoms with E-state index in [4.69, 9.17) is 14.9 Å². The van der Waals surface area contributed by atoms with Crippen LogP contribution in [-0.2, 0) is 6.42 Å². The molecule has 2 heterocycles. The smallest absolute Gasteiger partial charge is 0.292 e. The maximum Gasteiger partial charge on any atom is 0.292 e. The van der Waals surface area contributed by atoms with Crippen LogP contribution in [0, 0.1) is 0 Å². The number of hydrogen-bond donors (Lipinski definition) is 1. The number of fused-ring (bicyclic) bond motifs is 1. The minimum Gasteiger partial charge on any atom is -0.490 e. The number of rotatable bonds is 1. The summed E-state index contributed by atoms with van der Waals surface area (Å²) in [5.74, 6) is 1.66. The van der Waals surface area contributed by atoms with E-state index in [1.165, 1.54) is 5.56 Å². The van der Waals surface area contributed by atoms with Gasteiger partial charge in [0.25, 0.3) is 6.01 Å². The molecule has 3 rings (SSSR count). The second-order valence-electron chi connectivity index (χ2n) is 4.02. The number of ether oxygens (including phenoxy) is 1. The molecule has 0 saturated heterocycles. The molecule has 1 aliphatic rings. The van der Waals surface area contributed by atoms with E-state index in [0.717, 1.165) is 17.7 Å². The SMILES string of the molecule is CC1Cc2cc(-c3cnc(N)o3)ccc2O1. The van der Waals surface area contributed by atoms with E-state index in [2.05, 4.69) is 18.0 Å². The van der Waals surface area contributed by atoms with E-state index in [0.29, 0.717) is 5.76 Å². The van der Waals surface area contributed by atoms with Crippen LogP contribution in [0.4, 0.5) is 6.01 Å². The molecule has 0 saturated carbocycles. The molecule has 4 nitrogen and oxygen atoms in total. The largest absolute Gasteiger partial charge is 0.490 e. The Morgan fingerprint density at radius 2 is 2.31 bits per heavy atom. The van der Waals surface area contributed by atoms with Crippen molar-refractivity contribution >= 4 is 6.01 Å². The van der Waals surface area contributed by atoms with Crippen LogP contribution in [-0.4, -0.2) is 11.1 Å². The van der Waals surface area contributed by atoms with Crippen molar-refractivity contribution in [2.45, 2.75) is 19.4 Å². The van der Waals surface area contributed by atoms with Gasteiger partial charge in [-0.2, -0.15) is 0 Å². The number of nitrogens with zero attached hydrogens (tertiary/aromatic N) is 1. The lowest BCUT2D eigenvalue weighted by Crippen LogP contribution is -2.05. The van der Waals surface area contributed by atoms with Gasteiger partial charge in [0.15, 0.2) is 5.76 Å². The van der Waals surface area contributed by atoms with Gasteiger partial charge in [0.1, 0.15) is 11.9 Å². The van der Waals surface area contributed by atoms with Crippen LogP contribution in [0.2, 0.25) is 0 Å². The molecule has 1 unspecified atom stereocenters. The normalized spacial score (nSPS) is 18.2. The Balaban J connectivity index is 2.02. The van der Waals surface area contributed by atoms with Crippen molar-refractivity contribution in [1.82, 2.24) is 4.98 Å². The van der Waals surface area contributed by atoms with E-state index >= 15 is 0 Å². The highest BCUT2D eigenvalue weighted by Crippen LogP contribution is 2.33. The van der Waals surface area contributed by atoms with Crippen LogP contribution in [0.3, 0.4) is 0 Å². The number of hydrogen-bond acceptors (Lipinski definition) is 4. The van der Waals surface area contributed by atoms with E-state index in [9.17, 15) is 0 Å². The van der Waals surface area contributed by atoms with Gasteiger partial charge in [-0.25, -0.2) is 4.98 Å². The molecule has 82 valence electrons. The summed E-state index contributed by atoms with van der Waals surface area (Å²) >= 11 is 0. The van der Waals surface area contributed by atoms with Gasteiger partial charge < -0.3 is 14.9 Å². The predicted octanol–water partition coefficient (Wildman–Crippen LogP) is 2.25. The van der Waals surface area contributed by atoms with Crippen molar-refractivity contribution in [2.24, 2.45) is 0 Å². The monoisotopic (exact) mass is 216 g/mol. The Kier molecular flexibility index (Phi) is 1.89. The quantitative estimate of drug-likeness (QED) is 0.794. The van der Waals surface area contributed by atoms with E-state index in [1.54, 1.807) is 6.20 Å². The fourth-order valence-corrected chi connectivity index (χ4v) is 2.00. The summed E-state index contributed by atoms with van der Waals surface area (Å²) in [5.41, 5.74) is 7.64. The first-order valence-corrected chi connectivity index (χ1v) is 5.23. The van der Waals surface area contributed by atoms with Crippen LogP contribution in [0.25, 0.3) is 11.3 Å². The summed E-state index contributed by atoms with van der Waals surface area (Å²) in [6.07, 6.45) is 2.83. The summed E-state index contributed by atoms with van der Waals surface area (Å²) < 4.78 is 10.9. The Morgan fingerprint density at radius 3 is 3.06 bits per heavy atom. The van der Waals surface area contributed by atoms with Gasteiger partial charge >= 0.3 is 0 Å². The molecular formula is C12H12N2O2. The summed E-state index contributed by atoms with van der Waals surface area (Å²) in [6, 6.07) is 6.18. The number of anilines is 1. The van der Waals surface area contributed by atoms with Crippen molar-refractivity contribution < 1.29 is 9.15 Å². The zero-order valence-electron chi connectivity index (χ0n) is 8.93. The van der Waals surface area contributed by atoms with Gasteiger partial charge in [0.2, 0.25) is 0 Å². The first-order valence-electron chi connectivity index (χ1n) is 5.23. The third kappa shape index (κ3) is 1.43. The van der Waals surface area contributed by atoms with E-state index in [1.807, 2.05) is 12.1 Å². The summed E-state index contributed by atoms with van der Waals surface area (Å²) in [6.45, 7) is 2.06. The average molecular weight is 216 g/mol. The molecule has 0 spiro atoms. The van der Waals surface area contributed by atoms with Gasteiger partial charge in [0, 0.05) is 12.0 Å². The maximum atomic E-state index is 5.63. The molecule has 1 aromatic carbocycles. The van der Waals surface area contributed by atoms with Crippen molar-refractivity contribution in [2.75, 3.05) is 5.73 Å². The molecule has 0 aliphatic carbocycles. The Morgan fingerprint density at radius 1 is 1.44 bits per heavy atom. The molecular weight excluding hydrogens is 204 g/mol. The highest BCUT2D eigenvalue weighted by Gasteiger charge is 2.19. The molecule has 0 fully saturated rings. The second kappa shape index (κ2) is 3.27. The molecule has 0 radical (unpaired) electrons. The van der Waals surface area contributed by atoms with E-state index < -0.39 is 0 Å². The molecule has 2 N–H and O–H groups in total. The lowest BCUT2D eigenvalue weighted by atomic mass is 10.1. The molecule has 0 amide bonds. The first-order chi connectivity index (χ1) is 7.72. The molecule has 16 heavy (non-hydrogen) atoms. The van der Waals surface area contributed by atoms with E-state index in [-0.39, 0.29) is 12.1 Å². The number of nitrogens with two attached hydrogens (primary N) is 1. The number of aromatic nitrogens is 1. The number of nitrogen functional groups attached to an aromatic ring is 1. The molecule has 4 heteroatoms. The van der Waals surface area contributed by atoms with Crippen LogP contribution in [0.15, 0.2) is 28.8 Å². The first kappa shape index (κ1) is 9.27. The summed E-state index contributed by atoms with van der Waals surface area (Å²) in [4.78, 5) is 3.88. The van der Waals surface area contributed by atoms with Gasteiger partial charge in [-0.15, -0.1) is 0 Å². The zero-order valence-corrected chi connectivity index (χ0v) is 8.93. The van der Waals surface area contributed by atoms with Gasteiger partial charge in [-0.1, -0.05) is 0 Å². The molecule has 1 aromatic heterocycles. The zero-order chi connectivity index (χ0) is 11.1. The predicted molar refractivity (Wildman–Crippen MR) is 60.1 cm³/mol. The minimum atomic E-state index is 0.195. The fourth-order valence-electron chi connectivity index (χ4n) is 2.00. The molecule has 0 bridgehead atoms. The van der Waals surface area contributed by atoms with Gasteiger partial charge in [0.05, 0.1) is 6.20 Å². The van der Waals surface area contributed by atoms with Crippen molar-refractivity contribution in [1.29, 1.82) is 0 Å². The van der Waals surface area contributed by atoms with Crippen molar-refractivity contribution in [3.05, 3.63) is 30.0 Å². The third-order valence-electron chi connectivity index (χ3n) is 2.70. The van der Waals surface area contributed by atoms with Gasteiger partial charge in [-0.05, 0) is 30.7 Å². The molecule has 1 atom stereocenters. The minimum absolute atomic E-state index is 0.195. The molecule has 2 aromatic rings. The molecule has 1 aliphatic heterocycles. The summed E-state index contributed by atoms with van der Waals surface area (Å²) in [7, 11) is 0. The second-order valence-corrected chi connectivity index (χ2v) is 4.02. The lowest BCUT2D eigenvalue weighted by Gasteiger charge is -2.02. The number of oxazole rings is 1. The Hall–Kier alpha value is -1.97. The summed E-state index contributed by atoms with van der Waals surface area (Å²) in [5, 5.41) is 0. The number of benzene rings is 1. The Bertz CT molecular complexity index is 534. The maximum absolute atomic E-state index is 5.63. The van der Waals surface area contributed by atoms with Crippen molar-refractivity contribution in [3.8, 4) is 17.1 Å². The Labute approximate surface area is 93.0 Å². The van der Waals surface area contributed by atoms with Crippen molar-refractivity contribution in [3.63, 3.8) is 0 Å². The van der Waals surface area contributed by atoms with Gasteiger partial charge in [-0.3, -0.25) is 0 Å². The van der Waals surface area contributed by atoms with Crippen LogP contribution >= 0.6 is 0 Å².